The van der Waals surface area contributed by atoms with Gasteiger partial charge in [0.05, 0.1) is 6.54 Å². The van der Waals surface area contributed by atoms with Crippen molar-refractivity contribution in [3.63, 3.8) is 0 Å². The average Bonchev–Trinajstić information content (AvgIpc) is 2.77. The minimum atomic E-state index is -2.13. The molecule has 0 radical (unpaired) electrons. The van der Waals surface area contributed by atoms with E-state index in [9.17, 15) is 4.79 Å². The van der Waals surface area contributed by atoms with Crippen LogP contribution in [0.15, 0.2) is 96.0 Å². The van der Waals surface area contributed by atoms with E-state index in [-0.39, 0.29) is 28.1 Å². The van der Waals surface area contributed by atoms with Crippen LogP contribution in [0.1, 0.15) is 0 Å². The smallest absolute Gasteiger partial charge is 0.227 e. The normalized spacial score (nSPS) is 10.7. The topological polar surface area (TPSA) is 81.5 Å². The molecule has 0 spiro atoms. The summed E-state index contributed by atoms with van der Waals surface area (Å²) in [6.07, 6.45) is 0.456. The highest BCUT2D eigenvalue weighted by atomic mass is 79.9. The molecule has 0 saturated carbocycles. The van der Waals surface area contributed by atoms with E-state index in [0.29, 0.717) is 18.5 Å². The van der Waals surface area contributed by atoms with Crippen LogP contribution in [0.2, 0.25) is 0 Å². The maximum Gasteiger partial charge on any atom is 0.227 e. The molecule has 0 aromatic heterocycles. The summed E-state index contributed by atoms with van der Waals surface area (Å²) in [7, 11) is -2.13. The Hall–Kier alpha value is -2.14. The molecule has 0 aliphatic heterocycles. The lowest BCUT2D eigenvalue weighted by Gasteiger charge is -2.26. The van der Waals surface area contributed by atoms with Gasteiger partial charge in [-0.3, -0.25) is 9.79 Å². The van der Waals surface area contributed by atoms with Crippen molar-refractivity contribution in [3.8, 4) is 0 Å². The first-order valence-corrected chi connectivity index (χ1v) is 12.3. The van der Waals surface area contributed by atoms with Crippen LogP contribution in [0, 0.1) is 0 Å². The zero-order valence-corrected chi connectivity index (χ0v) is 19.8. The number of benzene rings is 3. The highest BCUT2D eigenvalue weighted by molar-refractivity contribution is 8.15. The third-order valence-electron chi connectivity index (χ3n) is 4.61. The molecule has 7 heteroatoms. The van der Waals surface area contributed by atoms with Crippen molar-refractivity contribution in [1.82, 2.24) is 0 Å². The molecule has 0 fully saturated rings. The summed E-state index contributed by atoms with van der Waals surface area (Å²) in [6, 6.07) is 31.2. The predicted molar refractivity (Wildman–Crippen MR) is 128 cm³/mol. The lowest BCUT2D eigenvalue weighted by molar-refractivity contribution is -0.108. The minimum Gasteiger partial charge on any atom is -1.00 e. The third-order valence-corrected chi connectivity index (χ3v) is 9.97. The fraction of sp³-hybridized carbons (Fsp3) is 0.130. The van der Waals surface area contributed by atoms with E-state index >= 15 is 0 Å². The first-order chi connectivity index (χ1) is 14.1. The summed E-state index contributed by atoms with van der Waals surface area (Å²) in [6.45, 7) is 0.437. The van der Waals surface area contributed by atoms with Gasteiger partial charge in [-0.1, -0.05) is 66.4 Å². The number of rotatable bonds is 8. The van der Waals surface area contributed by atoms with Crippen molar-refractivity contribution in [2.75, 3.05) is 18.5 Å². The first kappa shape index (κ1) is 24.1. The highest BCUT2D eigenvalue weighted by Crippen LogP contribution is 2.55. The number of thioether (sulfide) groups is 1. The molecule has 30 heavy (non-hydrogen) atoms. The van der Waals surface area contributed by atoms with E-state index < -0.39 is 7.26 Å². The number of halogens is 1. The Labute approximate surface area is 193 Å². The number of hydrogen-bond donors (Lipinski definition) is 2. The van der Waals surface area contributed by atoms with Gasteiger partial charge >= 0.3 is 0 Å². The molecule has 3 rings (SSSR count). The minimum absolute atomic E-state index is 0. The number of aliphatic imine (C=N–C) groups is 1. The van der Waals surface area contributed by atoms with Crippen LogP contribution in [0.3, 0.4) is 0 Å². The summed E-state index contributed by atoms with van der Waals surface area (Å²) >= 11 is 1.30. The maximum atomic E-state index is 13.1. The van der Waals surface area contributed by atoms with Gasteiger partial charge in [0.2, 0.25) is 5.12 Å². The number of carbonyl (C=O) groups is 1. The van der Waals surface area contributed by atoms with Crippen molar-refractivity contribution >= 4 is 46.0 Å². The number of hydrogen-bond acceptors (Lipinski definition) is 3. The zero-order valence-electron chi connectivity index (χ0n) is 16.5. The molecule has 0 atom stereocenters. The third kappa shape index (κ3) is 5.94. The van der Waals surface area contributed by atoms with Gasteiger partial charge in [0, 0.05) is 5.75 Å². The summed E-state index contributed by atoms with van der Waals surface area (Å²) in [4.78, 5) is 17.1. The lowest BCUT2D eigenvalue weighted by atomic mass is 10.4. The molecule has 0 amide bonds. The highest BCUT2D eigenvalue weighted by Gasteiger charge is 2.47. The van der Waals surface area contributed by atoms with Crippen molar-refractivity contribution in [1.29, 1.82) is 0 Å². The molecule has 4 nitrogen and oxygen atoms in total. The second-order valence-corrected chi connectivity index (χ2v) is 11.1. The van der Waals surface area contributed by atoms with Crippen molar-refractivity contribution in [2.45, 2.75) is 0 Å². The van der Waals surface area contributed by atoms with E-state index in [0.717, 1.165) is 0 Å². The van der Waals surface area contributed by atoms with Crippen molar-refractivity contribution in [2.24, 2.45) is 16.5 Å². The van der Waals surface area contributed by atoms with E-state index in [1.807, 2.05) is 54.6 Å². The second kappa shape index (κ2) is 11.9. The molecule has 0 bridgehead atoms. The Morgan fingerprint density at radius 2 is 1.17 bits per heavy atom. The van der Waals surface area contributed by atoms with Crippen LogP contribution in [-0.2, 0) is 4.79 Å². The Morgan fingerprint density at radius 1 is 0.767 bits per heavy atom. The Morgan fingerprint density at radius 3 is 1.53 bits per heavy atom. The van der Waals surface area contributed by atoms with Gasteiger partial charge in [-0.05, 0) is 36.4 Å². The van der Waals surface area contributed by atoms with Crippen LogP contribution < -0.4 is 44.4 Å². The zero-order chi connectivity index (χ0) is 20.5. The van der Waals surface area contributed by atoms with Gasteiger partial charge < -0.3 is 28.4 Å². The van der Waals surface area contributed by atoms with Crippen LogP contribution >= 0.6 is 19.0 Å². The van der Waals surface area contributed by atoms with Crippen molar-refractivity contribution in [3.05, 3.63) is 91.0 Å². The summed E-state index contributed by atoms with van der Waals surface area (Å²) in [5.41, 5.74) is 10.8. The Bertz CT molecular complexity index is 855. The average molecular weight is 502 g/mol. The number of nitrogens with zero attached hydrogens (tertiary/aromatic N) is 1. The lowest BCUT2D eigenvalue weighted by Crippen LogP contribution is -3.00. The first-order valence-electron chi connectivity index (χ1n) is 9.39. The maximum absolute atomic E-state index is 13.1. The molecule has 4 N–H and O–H groups in total. The van der Waals surface area contributed by atoms with Gasteiger partial charge in [-0.15, -0.1) is 0 Å². The Kier molecular flexibility index (Phi) is 9.57. The van der Waals surface area contributed by atoms with E-state index in [4.69, 9.17) is 11.5 Å². The molecule has 0 unspecified atom stereocenters. The van der Waals surface area contributed by atoms with E-state index in [2.05, 4.69) is 41.4 Å². The summed E-state index contributed by atoms with van der Waals surface area (Å²) in [5.74, 6) is 0.618. The molecule has 0 heterocycles. The quantitative estimate of drug-likeness (QED) is 0.189. The Balaban J connectivity index is 0.00000320. The standard InChI is InChI=1S/C23H25N3OPS.BrH/c24-23(25)26-16-17-29-22(27)18-28(19-10-4-1-5-11-19,20-12-6-2-7-13-20)21-14-8-3-9-15-21;/h1-15H,16-18H2,(H4,24,25,26);1H/q+1;/p-1. The monoisotopic (exact) mass is 501 g/mol. The van der Waals surface area contributed by atoms with Gasteiger partial charge in [-0.25, -0.2) is 0 Å². The van der Waals surface area contributed by atoms with Crippen LogP contribution in [0.5, 0.6) is 0 Å². The van der Waals surface area contributed by atoms with Crippen molar-refractivity contribution < 1.29 is 21.8 Å². The SMILES string of the molecule is NC(N)=NCCSC(=O)C[P+](c1ccccc1)(c1ccccc1)c1ccccc1.[Br-]. The molecule has 0 saturated heterocycles. The van der Waals surface area contributed by atoms with Crippen LogP contribution in [-0.4, -0.2) is 29.5 Å². The molecular formula is C23H25BrN3OPS. The number of guanidine groups is 1. The number of nitrogens with two attached hydrogens (primary N) is 2. The second-order valence-electron chi connectivity index (χ2n) is 6.50. The fourth-order valence-electron chi connectivity index (χ4n) is 3.34. The summed E-state index contributed by atoms with van der Waals surface area (Å²) in [5, 5.41) is 3.77. The molecule has 0 aliphatic rings. The molecular weight excluding hydrogens is 477 g/mol. The molecule has 3 aromatic rings. The van der Waals surface area contributed by atoms with Gasteiger partial charge in [0.15, 0.2) is 5.96 Å². The van der Waals surface area contributed by atoms with Gasteiger partial charge in [0.1, 0.15) is 29.3 Å². The van der Waals surface area contributed by atoms with E-state index in [1.165, 1.54) is 27.7 Å². The van der Waals surface area contributed by atoms with E-state index in [1.54, 1.807) is 0 Å². The van der Waals surface area contributed by atoms with Gasteiger partial charge in [0.25, 0.3) is 0 Å². The molecule has 0 aliphatic carbocycles. The van der Waals surface area contributed by atoms with Crippen LogP contribution in [0.4, 0.5) is 0 Å². The number of carbonyl (C=O) groups excluding carboxylic acids is 1. The molecule has 156 valence electrons. The largest absolute Gasteiger partial charge is 1.00 e. The van der Waals surface area contributed by atoms with Crippen LogP contribution in [0.25, 0.3) is 0 Å². The fourth-order valence-corrected chi connectivity index (χ4v) is 8.57. The molecule has 3 aromatic carbocycles. The van der Waals surface area contributed by atoms with Gasteiger partial charge in [-0.2, -0.15) is 0 Å². The predicted octanol–water partition coefficient (Wildman–Crippen LogP) is -0.482. The summed E-state index contributed by atoms with van der Waals surface area (Å²) < 4.78 is 0.